The van der Waals surface area contributed by atoms with E-state index in [0.717, 1.165) is 64.8 Å². The lowest BCUT2D eigenvalue weighted by atomic mass is 9.95. The molecule has 184 valence electrons. The van der Waals surface area contributed by atoms with Gasteiger partial charge in [0, 0.05) is 47.4 Å². The maximum atomic E-state index is 14.4. The predicted molar refractivity (Wildman–Crippen MR) is 143 cm³/mol. The second-order valence-electron chi connectivity index (χ2n) is 9.25. The van der Waals surface area contributed by atoms with Gasteiger partial charge in [-0.05, 0) is 66.8 Å². The van der Waals surface area contributed by atoms with E-state index in [1.54, 1.807) is 12.1 Å². The number of fused-ring (bicyclic) bond motifs is 1. The summed E-state index contributed by atoms with van der Waals surface area (Å²) >= 11 is 0. The van der Waals surface area contributed by atoms with Gasteiger partial charge in [0.1, 0.15) is 18.7 Å². The number of phenolic OH excluding ortho intramolecular Hbond substituents is 1. The largest absolute Gasteiger partial charge is 0.507 e. The number of halogens is 1. The van der Waals surface area contributed by atoms with Crippen LogP contribution >= 0.6 is 0 Å². The maximum Gasteiger partial charge on any atom is 0.132 e. The molecule has 5 rings (SSSR count). The SMILES string of the molecule is CO/N=C/c1cccc(-c2ccc3ncc(-c4cc(C)cc(F)c4)c(N4CCC(N)CC4)c3c2)c1O. The summed E-state index contributed by atoms with van der Waals surface area (Å²) < 4.78 is 14.4. The van der Waals surface area contributed by atoms with Crippen molar-refractivity contribution in [2.45, 2.75) is 25.8 Å². The molecule has 0 unspecified atom stereocenters. The van der Waals surface area contributed by atoms with Crippen molar-refractivity contribution in [3.63, 3.8) is 0 Å². The Morgan fingerprint density at radius 3 is 2.64 bits per heavy atom. The molecule has 0 amide bonds. The minimum atomic E-state index is -0.273. The van der Waals surface area contributed by atoms with Crippen LogP contribution in [0, 0.1) is 12.7 Å². The van der Waals surface area contributed by atoms with Crippen LogP contribution in [0.3, 0.4) is 0 Å². The Balaban J connectivity index is 1.72. The number of phenols is 1. The van der Waals surface area contributed by atoms with Crippen LogP contribution in [-0.2, 0) is 4.84 Å². The van der Waals surface area contributed by atoms with Gasteiger partial charge in [-0.25, -0.2) is 4.39 Å². The number of hydrogen-bond acceptors (Lipinski definition) is 6. The van der Waals surface area contributed by atoms with Gasteiger partial charge < -0.3 is 20.6 Å². The number of oxime groups is 1. The first kappa shape index (κ1) is 23.8. The van der Waals surface area contributed by atoms with Crippen molar-refractivity contribution in [3.05, 3.63) is 77.7 Å². The number of pyridine rings is 1. The van der Waals surface area contributed by atoms with Crippen LogP contribution in [0.25, 0.3) is 33.2 Å². The number of aromatic nitrogens is 1. The minimum Gasteiger partial charge on any atom is -0.507 e. The molecule has 1 fully saturated rings. The van der Waals surface area contributed by atoms with Gasteiger partial charge in [0.15, 0.2) is 0 Å². The highest BCUT2D eigenvalue weighted by molar-refractivity contribution is 6.02. The first-order valence-electron chi connectivity index (χ1n) is 12.0. The number of aromatic hydroxyl groups is 1. The summed E-state index contributed by atoms with van der Waals surface area (Å²) in [5, 5.41) is 15.7. The molecule has 1 aromatic heterocycles. The number of nitrogens with zero attached hydrogens (tertiary/aromatic N) is 3. The number of benzene rings is 3. The first-order chi connectivity index (χ1) is 17.4. The van der Waals surface area contributed by atoms with Gasteiger partial charge in [0.2, 0.25) is 0 Å². The third kappa shape index (κ3) is 4.62. The van der Waals surface area contributed by atoms with Crippen LogP contribution in [0.1, 0.15) is 24.0 Å². The maximum absolute atomic E-state index is 14.4. The second kappa shape index (κ2) is 9.95. The highest BCUT2D eigenvalue weighted by Crippen LogP contribution is 2.41. The summed E-state index contributed by atoms with van der Waals surface area (Å²) in [5.74, 6) is -0.155. The standard InChI is InChI=1S/C29H29FN4O2/c1-18-12-21(14-22(30)13-18)26-17-32-27-7-6-19(24-5-3-4-20(29(24)35)16-33-36-2)15-25(27)28(26)34-10-8-23(31)9-11-34/h3-7,12-17,23,35H,8-11,31H2,1-2H3/b33-16+. The Morgan fingerprint density at radius 2 is 1.89 bits per heavy atom. The Labute approximate surface area is 209 Å². The molecular weight excluding hydrogens is 455 g/mol. The van der Waals surface area contributed by atoms with Crippen LogP contribution in [0.4, 0.5) is 10.1 Å². The zero-order valence-corrected chi connectivity index (χ0v) is 20.4. The summed E-state index contributed by atoms with van der Waals surface area (Å²) in [5.41, 5.74) is 12.6. The fraction of sp³-hybridized carbons (Fsp3) is 0.241. The molecule has 0 bridgehead atoms. The lowest BCUT2D eigenvalue weighted by Crippen LogP contribution is -2.40. The third-order valence-electron chi connectivity index (χ3n) is 6.72. The van der Waals surface area contributed by atoms with Crippen molar-refractivity contribution >= 4 is 22.8 Å². The molecule has 1 aliphatic heterocycles. The Bertz CT molecular complexity index is 1420. The lowest BCUT2D eigenvalue weighted by Gasteiger charge is -2.34. The summed E-state index contributed by atoms with van der Waals surface area (Å²) in [6.45, 7) is 3.50. The van der Waals surface area contributed by atoms with Crippen molar-refractivity contribution in [1.82, 2.24) is 4.98 Å². The number of aryl methyl sites for hydroxylation is 1. The molecule has 0 radical (unpaired) electrons. The van der Waals surface area contributed by atoms with Crippen LogP contribution < -0.4 is 10.6 Å². The summed E-state index contributed by atoms with van der Waals surface area (Å²) in [7, 11) is 1.46. The number of anilines is 1. The van der Waals surface area contributed by atoms with Crippen molar-refractivity contribution < 1.29 is 14.3 Å². The van der Waals surface area contributed by atoms with Crippen LogP contribution in [-0.4, -0.2) is 42.5 Å². The summed E-state index contributed by atoms with van der Waals surface area (Å²) in [6, 6.07) is 16.7. The lowest BCUT2D eigenvalue weighted by molar-refractivity contribution is 0.215. The summed E-state index contributed by atoms with van der Waals surface area (Å²) in [4.78, 5) is 11.8. The Kier molecular flexibility index (Phi) is 6.57. The molecule has 2 heterocycles. The monoisotopic (exact) mass is 484 g/mol. The van der Waals surface area contributed by atoms with Crippen molar-refractivity contribution in [2.24, 2.45) is 10.9 Å². The van der Waals surface area contributed by atoms with Gasteiger partial charge in [-0.15, -0.1) is 0 Å². The van der Waals surface area contributed by atoms with E-state index in [2.05, 4.69) is 10.1 Å². The van der Waals surface area contributed by atoms with Crippen molar-refractivity contribution in [2.75, 3.05) is 25.1 Å². The Hall–Kier alpha value is -3.97. The molecule has 36 heavy (non-hydrogen) atoms. The first-order valence-corrected chi connectivity index (χ1v) is 12.0. The minimum absolute atomic E-state index is 0.119. The number of rotatable bonds is 5. The molecule has 3 N–H and O–H groups in total. The smallest absolute Gasteiger partial charge is 0.132 e. The molecule has 0 saturated carbocycles. The Morgan fingerprint density at radius 1 is 1.08 bits per heavy atom. The van der Waals surface area contributed by atoms with E-state index in [0.29, 0.717) is 11.1 Å². The van der Waals surface area contributed by atoms with E-state index in [1.807, 2.05) is 49.5 Å². The molecule has 3 aromatic carbocycles. The highest BCUT2D eigenvalue weighted by atomic mass is 19.1. The molecule has 0 spiro atoms. The van der Waals surface area contributed by atoms with E-state index in [1.165, 1.54) is 19.4 Å². The zero-order chi connectivity index (χ0) is 25.2. The van der Waals surface area contributed by atoms with Crippen molar-refractivity contribution in [1.29, 1.82) is 0 Å². The van der Waals surface area contributed by atoms with Gasteiger partial charge in [-0.2, -0.15) is 0 Å². The van der Waals surface area contributed by atoms with Crippen LogP contribution in [0.2, 0.25) is 0 Å². The summed E-state index contributed by atoms with van der Waals surface area (Å²) in [6.07, 6.45) is 5.08. The molecular formula is C29H29FN4O2. The molecule has 7 heteroatoms. The average Bonchev–Trinajstić information content (AvgIpc) is 2.87. The fourth-order valence-electron chi connectivity index (χ4n) is 4.92. The van der Waals surface area contributed by atoms with E-state index in [9.17, 15) is 9.50 Å². The molecule has 1 saturated heterocycles. The predicted octanol–water partition coefficient (Wildman–Crippen LogP) is 5.63. The van der Waals surface area contributed by atoms with Gasteiger partial charge in [-0.3, -0.25) is 4.98 Å². The van der Waals surface area contributed by atoms with Gasteiger partial charge in [0.05, 0.1) is 17.4 Å². The molecule has 4 aromatic rings. The molecule has 1 aliphatic rings. The number of piperidine rings is 1. The second-order valence-corrected chi connectivity index (χ2v) is 9.25. The topological polar surface area (TPSA) is 84.0 Å². The molecule has 6 nitrogen and oxygen atoms in total. The van der Waals surface area contributed by atoms with Gasteiger partial charge in [0.25, 0.3) is 0 Å². The molecule has 0 atom stereocenters. The number of para-hydroxylation sites is 1. The van der Waals surface area contributed by atoms with E-state index >= 15 is 0 Å². The quantitative estimate of drug-likeness (QED) is 0.283. The van der Waals surface area contributed by atoms with Gasteiger partial charge in [-0.1, -0.05) is 29.4 Å². The van der Waals surface area contributed by atoms with Crippen LogP contribution in [0.15, 0.2) is 65.9 Å². The van der Waals surface area contributed by atoms with E-state index in [-0.39, 0.29) is 17.6 Å². The fourth-order valence-corrected chi connectivity index (χ4v) is 4.92. The normalized spacial score (nSPS) is 14.6. The van der Waals surface area contributed by atoms with E-state index in [4.69, 9.17) is 15.6 Å². The highest BCUT2D eigenvalue weighted by Gasteiger charge is 2.23. The zero-order valence-electron chi connectivity index (χ0n) is 20.4. The van der Waals surface area contributed by atoms with E-state index < -0.39 is 0 Å². The molecule has 0 aliphatic carbocycles. The third-order valence-corrected chi connectivity index (χ3v) is 6.72. The van der Waals surface area contributed by atoms with Crippen LogP contribution in [0.5, 0.6) is 5.75 Å². The average molecular weight is 485 g/mol. The number of hydrogen-bond donors (Lipinski definition) is 2. The van der Waals surface area contributed by atoms with Crippen molar-refractivity contribution in [3.8, 4) is 28.0 Å². The number of nitrogens with two attached hydrogens (primary N) is 1. The van der Waals surface area contributed by atoms with Gasteiger partial charge >= 0.3 is 0 Å².